The van der Waals surface area contributed by atoms with Crippen molar-refractivity contribution in [3.63, 3.8) is 0 Å². The van der Waals surface area contributed by atoms with Gasteiger partial charge in [0.1, 0.15) is 5.78 Å². The summed E-state index contributed by atoms with van der Waals surface area (Å²) >= 11 is 0. The molecule has 0 saturated heterocycles. The molecule has 90 valence electrons. The molecule has 1 saturated carbocycles. The molecule has 0 N–H and O–H groups in total. The minimum Gasteiger partial charge on any atom is -0.300 e. The Kier molecular flexibility index (Phi) is 2.98. The predicted octanol–water partition coefficient (Wildman–Crippen LogP) is 3.98. The van der Waals surface area contributed by atoms with Crippen LogP contribution in [-0.2, 0) is 4.79 Å². The maximum absolute atomic E-state index is 11.1. The molecule has 0 radical (unpaired) electrons. The van der Waals surface area contributed by atoms with E-state index >= 15 is 0 Å². The van der Waals surface area contributed by atoms with Crippen LogP contribution in [0, 0.1) is 23.2 Å². The summed E-state index contributed by atoms with van der Waals surface area (Å²) in [6.45, 7) is 8.77. The van der Waals surface area contributed by atoms with E-state index in [2.05, 4.69) is 26.8 Å². The lowest BCUT2D eigenvalue weighted by molar-refractivity contribution is -0.117. The lowest BCUT2D eigenvalue weighted by Crippen LogP contribution is -2.05. The molecule has 2 aliphatic carbocycles. The Balaban J connectivity index is 1.96. The summed E-state index contributed by atoms with van der Waals surface area (Å²) in [6.07, 6.45) is 6.90. The van der Waals surface area contributed by atoms with E-state index in [0.29, 0.717) is 11.2 Å². The predicted molar refractivity (Wildman–Crippen MR) is 67.2 cm³/mol. The Bertz CT molecular complexity index is 324. The van der Waals surface area contributed by atoms with Gasteiger partial charge >= 0.3 is 0 Å². The van der Waals surface area contributed by atoms with Crippen LogP contribution in [0.1, 0.15) is 53.4 Å². The van der Waals surface area contributed by atoms with Crippen molar-refractivity contribution in [3.8, 4) is 0 Å². The van der Waals surface area contributed by atoms with E-state index in [0.717, 1.165) is 30.6 Å². The van der Waals surface area contributed by atoms with Crippen molar-refractivity contribution in [2.75, 3.05) is 0 Å². The fraction of sp³-hybridized carbons (Fsp3) is 0.800. The summed E-state index contributed by atoms with van der Waals surface area (Å²) in [5.41, 5.74) is 2.07. The molecule has 0 aliphatic heterocycles. The number of carbonyl (C=O) groups excluding carboxylic acids is 1. The zero-order valence-corrected chi connectivity index (χ0v) is 11.0. The normalized spacial score (nSPS) is 36.0. The maximum Gasteiger partial charge on any atom is 0.129 e. The van der Waals surface area contributed by atoms with Gasteiger partial charge in [0.2, 0.25) is 0 Å². The second-order valence-corrected chi connectivity index (χ2v) is 6.33. The van der Waals surface area contributed by atoms with E-state index in [9.17, 15) is 4.79 Å². The molecule has 3 atom stereocenters. The quantitative estimate of drug-likeness (QED) is 0.655. The van der Waals surface area contributed by atoms with Crippen LogP contribution in [0.5, 0.6) is 0 Å². The van der Waals surface area contributed by atoms with Gasteiger partial charge in [-0.05, 0) is 56.3 Å². The molecule has 1 nitrogen and oxygen atoms in total. The third kappa shape index (κ3) is 1.97. The number of ketones is 1. The van der Waals surface area contributed by atoms with Crippen LogP contribution in [0.2, 0.25) is 0 Å². The standard InChI is InChI=1S/C15H24O/c1-10-6-5-7-12(10)14-13(15(14,3)4)9-8-11(2)16/h6,12-14H,5,7-9H2,1-4H3/t12?,13-,14+/m1/s1. The third-order valence-electron chi connectivity index (χ3n) is 4.91. The van der Waals surface area contributed by atoms with Crippen LogP contribution < -0.4 is 0 Å². The zero-order valence-electron chi connectivity index (χ0n) is 11.0. The molecule has 0 bridgehead atoms. The monoisotopic (exact) mass is 220 g/mol. The number of hydrogen-bond acceptors (Lipinski definition) is 1. The summed E-state index contributed by atoms with van der Waals surface area (Å²) in [6, 6.07) is 0. The van der Waals surface area contributed by atoms with Gasteiger partial charge in [-0.2, -0.15) is 0 Å². The molecule has 2 aliphatic rings. The van der Waals surface area contributed by atoms with Gasteiger partial charge in [-0.15, -0.1) is 0 Å². The Labute approximate surface area is 99.3 Å². The Morgan fingerprint density at radius 2 is 2.19 bits per heavy atom. The molecule has 0 aromatic rings. The first-order valence-corrected chi connectivity index (χ1v) is 6.60. The first-order chi connectivity index (χ1) is 7.44. The van der Waals surface area contributed by atoms with E-state index in [1.165, 1.54) is 12.8 Å². The Morgan fingerprint density at radius 3 is 2.69 bits per heavy atom. The highest BCUT2D eigenvalue weighted by Crippen LogP contribution is 2.66. The van der Waals surface area contributed by atoms with Crippen molar-refractivity contribution < 1.29 is 4.79 Å². The number of rotatable bonds is 4. The lowest BCUT2D eigenvalue weighted by atomic mass is 9.92. The number of hydrogen-bond donors (Lipinski definition) is 0. The summed E-state index contributed by atoms with van der Waals surface area (Å²) in [5.74, 6) is 2.78. The third-order valence-corrected chi connectivity index (χ3v) is 4.91. The molecule has 0 heterocycles. The van der Waals surface area contributed by atoms with Gasteiger partial charge in [0.15, 0.2) is 0 Å². The highest BCUT2D eigenvalue weighted by Gasteiger charge is 2.60. The largest absolute Gasteiger partial charge is 0.300 e. The van der Waals surface area contributed by atoms with Crippen LogP contribution in [-0.4, -0.2) is 5.78 Å². The summed E-state index contributed by atoms with van der Waals surface area (Å²) in [4.78, 5) is 11.1. The van der Waals surface area contributed by atoms with Gasteiger partial charge < -0.3 is 4.79 Å². The minimum atomic E-state index is 0.347. The van der Waals surface area contributed by atoms with Crippen molar-refractivity contribution in [1.82, 2.24) is 0 Å². The fourth-order valence-electron chi connectivity index (χ4n) is 3.83. The molecular weight excluding hydrogens is 196 g/mol. The van der Waals surface area contributed by atoms with Gasteiger partial charge in [0, 0.05) is 6.42 Å². The van der Waals surface area contributed by atoms with Crippen molar-refractivity contribution in [1.29, 1.82) is 0 Å². The van der Waals surface area contributed by atoms with E-state index in [1.54, 1.807) is 12.5 Å². The topological polar surface area (TPSA) is 17.1 Å². The minimum absolute atomic E-state index is 0.347. The fourth-order valence-corrected chi connectivity index (χ4v) is 3.83. The molecule has 0 aromatic carbocycles. The van der Waals surface area contributed by atoms with Crippen molar-refractivity contribution in [3.05, 3.63) is 11.6 Å². The SMILES string of the molecule is CC(=O)CC[C@@H]1[C@H](C2CCC=C2C)C1(C)C. The molecule has 2 rings (SSSR count). The molecule has 1 fully saturated rings. The molecule has 0 spiro atoms. The van der Waals surface area contributed by atoms with Crippen molar-refractivity contribution in [2.24, 2.45) is 23.2 Å². The van der Waals surface area contributed by atoms with Crippen LogP contribution >= 0.6 is 0 Å². The van der Waals surface area contributed by atoms with Crippen LogP contribution in [0.15, 0.2) is 11.6 Å². The molecular formula is C15H24O. The van der Waals surface area contributed by atoms with Gasteiger partial charge in [-0.3, -0.25) is 0 Å². The van der Waals surface area contributed by atoms with Gasteiger partial charge in [0.25, 0.3) is 0 Å². The van der Waals surface area contributed by atoms with Crippen molar-refractivity contribution in [2.45, 2.75) is 53.4 Å². The second kappa shape index (κ2) is 4.01. The smallest absolute Gasteiger partial charge is 0.129 e. The molecule has 0 amide bonds. The number of Topliss-reactive ketones (excluding diaryl/α,β-unsaturated/α-hetero) is 1. The average molecular weight is 220 g/mol. The second-order valence-electron chi connectivity index (χ2n) is 6.33. The van der Waals surface area contributed by atoms with E-state index in [1.807, 2.05) is 0 Å². The van der Waals surface area contributed by atoms with Crippen molar-refractivity contribution >= 4 is 5.78 Å². The summed E-state index contributed by atoms with van der Waals surface area (Å²) in [5, 5.41) is 0. The molecule has 1 heteroatoms. The summed E-state index contributed by atoms with van der Waals surface area (Å²) < 4.78 is 0. The number of carbonyl (C=O) groups is 1. The summed E-state index contributed by atoms with van der Waals surface area (Å²) in [7, 11) is 0. The van der Waals surface area contributed by atoms with E-state index < -0.39 is 0 Å². The van der Waals surface area contributed by atoms with Gasteiger partial charge in [0.05, 0.1) is 0 Å². The molecule has 16 heavy (non-hydrogen) atoms. The van der Waals surface area contributed by atoms with Gasteiger partial charge in [-0.1, -0.05) is 25.5 Å². The maximum atomic E-state index is 11.1. The van der Waals surface area contributed by atoms with Crippen LogP contribution in [0.25, 0.3) is 0 Å². The van der Waals surface area contributed by atoms with Crippen LogP contribution in [0.4, 0.5) is 0 Å². The lowest BCUT2D eigenvalue weighted by Gasteiger charge is -2.13. The first kappa shape index (κ1) is 11.9. The Hall–Kier alpha value is -0.590. The van der Waals surface area contributed by atoms with Gasteiger partial charge in [-0.25, -0.2) is 0 Å². The first-order valence-electron chi connectivity index (χ1n) is 6.60. The number of allylic oxidation sites excluding steroid dienone is 2. The highest BCUT2D eigenvalue weighted by atomic mass is 16.1. The molecule has 1 unspecified atom stereocenters. The average Bonchev–Trinajstić information content (AvgIpc) is 2.53. The van der Waals surface area contributed by atoms with E-state index in [-0.39, 0.29) is 0 Å². The highest BCUT2D eigenvalue weighted by molar-refractivity contribution is 5.75. The van der Waals surface area contributed by atoms with Crippen LogP contribution in [0.3, 0.4) is 0 Å². The molecule has 0 aromatic heterocycles. The zero-order chi connectivity index (χ0) is 11.9. The Morgan fingerprint density at radius 1 is 1.50 bits per heavy atom. The van der Waals surface area contributed by atoms with E-state index in [4.69, 9.17) is 0 Å².